The number of aliphatic imine (C=N–C) groups is 2. The van der Waals surface area contributed by atoms with Crippen molar-refractivity contribution in [3.8, 4) is 0 Å². The van der Waals surface area contributed by atoms with Gasteiger partial charge in [-0.15, -0.1) is 0 Å². The summed E-state index contributed by atoms with van der Waals surface area (Å²) in [6.07, 6.45) is -3.65. The molecule has 1 aromatic heterocycles. The summed E-state index contributed by atoms with van der Waals surface area (Å²) in [7, 11) is 0. The molecule has 0 aliphatic carbocycles. The highest BCUT2D eigenvalue weighted by atomic mass is 35.5. The number of hydrogen-bond donors (Lipinski definition) is 6. The Morgan fingerprint density at radius 2 is 1.79 bits per heavy atom. The Kier molecular flexibility index (Phi) is 7.33. The number of aromatic nitrogens is 2. The number of benzene rings is 2. The lowest BCUT2D eigenvalue weighted by atomic mass is 10.0. The molecule has 4 rings (SSSR count). The second-order valence-electron chi connectivity index (χ2n) is 8.99. The van der Waals surface area contributed by atoms with Gasteiger partial charge in [0, 0.05) is 35.0 Å². The maximum Gasteiger partial charge on any atom is 0.417 e. The number of urea groups is 1. The van der Waals surface area contributed by atoms with Crippen molar-refractivity contribution in [1.82, 2.24) is 10.2 Å². The molecule has 2 heterocycles. The Morgan fingerprint density at radius 1 is 1.11 bits per heavy atom. The summed E-state index contributed by atoms with van der Waals surface area (Å²) in [4.78, 5) is 21.4. The second-order valence-corrected chi connectivity index (χ2v) is 9.39. The minimum Gasteiger partial charge on any atom is -0.345 e. The number of carbonyl (C=O) groups excluding carboxylic acids is 1. The Morgan fingerprint density at radius 3 is 2.45 bits per heavy atom. The third kappa shape index (κ3) is 6.42. The van der Waals surface area contributed by atoms with Crippen LogP contribution in [0.3, 0.4) is 0 Å². The number of anilines is 4. The van der Waals surface area contributed by atoms with E-state index in [9.17, 15) is 18.0 Å². The molecule has 7 N–H and O–H groups in total. The molecule has 0 radical (unpaired) electrons. The fourth-order valence-electron chi connectivity index (χ4n) is 3.52. The van der Waals surface area contributed by atoms with Crippen molar-refractivity contribution < 1.29 is 18.0 Å². The van der Waals surface area contributed by atoms with Crippen LogP contribution in [-0.2, 0) is 6.18 Å². The summed E-state index contributed by atoms with van der Waals surface area (Å²) in [5.74, 6) is 0.863. The monoisotopic (exact) mass is 547 g/mol. The summed E-state index contributed by atoms with van der Waals surface area (Å²) >= 11 is 5.64. The van der Waals surface area contributed by atoms with E-state index in [-0.39, 0.29) is 11.6 Å². The lowest BCUT2D eigenvalue weighted by Gasteiger charge is -2.31. The van der Waals surface area contributed by atoms with Crippen molar-refractivity contribution in [1.29, 1.82) is 0 Å². The Bertz CT molecular complexity index is 1420. The van der Waals surface area contributed by atoms with Crippen molar-refractivity contribution in [2.75, 3.05) is 21.3 Å². The molecule has 0 spiro atoms. The number of rotatable bonds is 5. The van der Waals surface area contributed by atoms with Gasteiger partial charge in [0.25, 0.3) is 0 Å². The third-order valence-electron chi connectivity index (χ3n) is 5.57. The van der Waals surface area contributed by atoms with Crippen LogP contribution in [0.25, 0.3) is 0 Å². The fraction of sp³-hybridized carbons (Fsp3) is 0.250. The summed E-state index contributed by atoms with van der Waals surface area (Å²) in [5.41, 5.74) is 7.02. The SMILES string of the molecule is Cc1cc(NC2N=C(Nc3cc(NC(=O)Nc4ccc(Cl)c(C(F)(F)F)c4)ccc3C)N=CC2(C)N)n[nH]1. The van der Waals surface area contributed by atoms with E-state index in [1.807, 2.05) is 19.9 Å². The molecule has 0 saturated heterocycles. The maximum absolute atomic E-state index is 13.1. The number of nitrogens with two attached hydrogens (primary N) is 1. The predicted molar refractivity (Wildman–Crippen MR) is 143 cm³/mol. The van der Waals surface area contributed by atoms with Gasteiger partial charge >= 0.3 is 12.2 Å². The van der Waals surface area contributed by atoms with Crippen LogP contribution < -0.4 is 27.0 Å². The number of guanidine groups is 1. The molecule has 2 amide bonds. The molecule has 38 heavy (non-hydrogen) atoms. The van der Waals surface area contributed by atoms with Crippen LogP contribution in [0.5, 0.6) is 0 Å². The fourth-order valence-corrected chi connectivity index (χ4v) is 3.74. The molecule has 2 aromatic carbocycles. The normalized spacial score (nSPS) is 19.1. The van der Waals surface area contributed by atoms with Crippen LogP contribution in [0.4, 0.5) is 40.8 Å². The minimum atomic E-state index is -4.65. The molecule has 1 aliphatic rings. The molecular weight excluding hydrogens is 523 g/mol. The third-order valence-corrected chi connectivity index (χ3v) is 5.90. The van der Waals surface area contributed by atoms with Gasteiger partial charge in [0.2, 0.25) is 5.96 Å². The molecular formula is C24H25ClF3N9O. The zero-order chi connectivity index (χ0) is 27.7. The molecule has 0 saturated carbocycles. The predicted octanol–water partition coefficient (Wildman–Crippen LogP) is 5.35. The van der Waals surface area contributed by atoms with Gasteiger partial charge in [-0.3, -0.25) is 5.10 Å². The van der Waals surface area contributed by atoms with E-state index >= 15 is 0 Å². The molecule has 3 aromatic rings. The summed E-state index contributed by atoms with van der Waals surface area (Å²) in [6.45, 7) is 5.50. The molecule has 1 aliphatic heterocycles. The van der Waals surface area contributed by atoms with Crippen molar-refractivity contribution >= 4 is 52.7 Å². The first kappa shape index (κ1) is 26.9. The van der Waals surface area contributed by atoms with Gasteiger partial charge in [0.15, 0.2) is 0 Å². The molecule has 2 unspecified atom stereocenters. The standard InChI is InChI=1S/C24H25ClF3N9O/c1-12-4-5-15(32-22(38)31-14-6-7-17(25)16(9-14)24(26,27)28)10-18(12)33-21-30-11-23(3,29)20(35-21)34-19-8-13(2)36-37-19/h4-11,20H,29H2,1-3H3,(H,33,35)(H2,31,32,38)(H2,34,36,37). The summed E-state index contributed by atoms with van der Waals surface area (Å²) in [5, 5.41) is 17.8. The average Bonchev–Trinajstić information content (AvgIpc) is 3.23. The van der Waals surface area contributed by atoms with E-state index < -0.39 is 34.5 Å². The number of nitrogens with zero attached hydrogens (tertiary/aromatic N) is 3. The molecule has 2 atom stereocenters. The highest BCUT2D eigenvalue weighted by Crippen LogP contribution is 2.36. The van der Waals surface area contributed by atoms with Crippen LogP contribution in [0, 0.1) is 13.8 Å². The number of nitrogens with one attached hydrogen (secondary N) is 5. The Balaban J connectivity index is 1.46. The van der Waals surface area contributed by atoms with Crippen LogP contribution in [-0.4, -0.2) is 40.1 Å². The van der Waals surface area contributed by atoms with Crippen LogP contribution in [0.1, 0.15) is 23.7 Å². The topological polar surface area (TPSA) is 145 Å². The van der Waals surface area contributed by atoms with E-state index in [0.29, 0.717) is 17.2 Å². The van der Waals surface area contributed by atoms with Crippen molar-refractivity contribution in [3.63, 3.8) is 0 Å². The molecule has 200 valence electrons. The zero-order valence-corrected chi connectivity index (χ0v) is 21.3. The molecule has 0 fully saturated rings. The molecule has 14 heteroatoms. The number of alkyl halides is 3. The second kappa shape index (κ2) is 10.3. The molecule has 0 bridgehead atoms. The summed E-state index contributed by atoms with van der Waals surface area (Å²) in [6, 6.07) is 9.25. The van der Waals surface area contributed by atoms with E-state index in [2.05, 4.69) is 41.4 Å². The minimum absolute atomic E-state index is 0.0638. The van der Waals surface area contributed by atoms with E-state index in [4.69, 9.17) is 17.3 Å². The average molecular weight is 548 g/mol. The van der Waals surface area contributed by atoms with Gasteiger partial charge < -0.3 is 27.0 Å². The molecule has 10 nitrogen and oxygen atoms in total. The van der Waals surface area contributed by atoms with Crippen molar-refractivity contribution in [2.45, 2.75) is 38.7 Å². The zero-order valence-electron chi connectivity index (χ0n) is 20.5. The van der Waals surface area contributed by atoms with Crippen LogP contribution in [0.15, 0.2) is 52.4 Å². The van der Waals surface area contributed by atoms with Gasteiger partial charge in [-0.05, 0) is 56.7 Å². The van der Waals surface area contributed by atoms with Crippen molar-refractivity contribution in [2.24, 2.45) is 15.7 Å². The number of H-pyrrole nitrogens is 1. The quantitative estimate of drug-likeness (QED) is 0.255. The first-order chi connectivity index (χ1) is 17.8. The van der Waals surface area contributed by atoms with Gasteiger partial charge in [0.1, 0.15) is 12.0 Å². The number of halogens is 4. The van der Waals surface area contributed by atoms with E-state index in [1.165, 1.54) is 6.07 Å². The lowest BCUT2D eigenvalue weighted by Crippen LogP contribution is -2.55. The number of amides is 2. The first-order valence-corrected chi connectivity index (χ1v) is 11.7. The number of aryl methyl sites for hydroxylation is 2. The van der Waals surface area contributed by atoms with Crippen LogP contribution in [0.2, 0.25) is 5.02 Å². The van der Waals surface area contributed by atoms with Gasteiger partial charge in [0.05, 0.1) is 16.1 Å². The highest BCUT2D eigenvalue weighted by Gasteiger charge is 2.34. The van der Waals surface area contributed by atoms with E-state index in [0.717, 1.165) is 23.4 Å². The van der Waals surface area contributed by atoms with Gasteiger partial charge in [-0.2, -0.15) is 18.3 Å². The highest BCUT2D eigenvalue weighted by molar-refractivity contribution is 6.31. The maximum atomic E-state index is 13.1. The largest absolute Gasteiger partial charge is 0.417 e. The number of hydrogen-bond acceptors (Lipinski definition) is 7. The van der Waals surface area contributed by atoms with Crippen molar-refractivity contribution in [3.05, 3.63) is 64.3 Å². The van der Waals surface area contributed by atoms with Crippen LogP contribution >= 0.6 is 11.6 Å². The van der Waals surface area contributed by atoms with Gasteiger partial charge in [-0.1, -0.05) is 17.7 Å². The smallest absolute Gasteiger partial charge is 0.345 e. The Labute approximate surface area is 221 Å². The summed E-state index contributed by atoms with van der Waals surface area (Å²) < 4.78 is 39.3. The first-order valence-electron chi connectivity index (χ1n) is 11.3. The number of aromatic amines is 1. The number of carbonyl (C=O) groups is 1. The van der Waals surface area contributed by atoms with Gasteiger partial charge in [-0.25, -0.2) is 14.8 Å². The Hall–Kier alpha value is -4.10. The lowest BCUT2D eigenvalue weighted by molar-refractivity contribution is -0.137. The van der Waals surface area contributed by atoms with E-state index in [1.54, 1.807) is 31.3 Å².